The normalized spacial score (nSPS) is 15.2. The minimum absolute atomic E-state index is 0.342. The first kappa shape index (κ1) is 13.2. The molecule has 1 aliphatic carbocycles. The van der Waals surface area contributed by atoms with Gasteiger partial charge in [0.2, 0.25) is 0 Å². The van der Waals surface area contributed by atoms with E-state index in [4.69, 9.17) is 10.7 Å². The van der Waals surface area contributed by atoms with Crippen LogP contribution in [0, 0.1) is 0 Å². The number of nitrogens with zero attached hydrogens (tertiary/aromatic N) is 4. The third-order valence-corrected chi connectivity index (χ3v) is 3.85. The molecule has 1 saturated carbocycles. The van der Waals surface area contributed by atoms with Gasteiger partial charge in [0.25, 0.3) is 0 Å². The molecule has 0 radical (unpaired) electrons. The Balaban J connectivity index is 2.09. The molecule has 2 aromatic heterocycles. The Labute approximate surface area is 119 Å². The maximum absolute atomic E-state index is 6.39. The molecule has 1 aliphatic rings. The van der Waals surface area contributed by atoms with Crippen molar-refractivity contribution in [2.75, 3.05) is 5.73 Å². The van der Waals surface area contributed by atoms with E-state index in [2.05, 4.69) is 34.9 Å². The number of aromatic nitrogens is 4. The summed E-state index contributed by atoms with van der Waals surface area (Å²) in [4.78, 5) is 9.12. The number of rotatable bonds is 5. The van der Waals surface area contributed by atoms with Gasteiger partial charge in [0.1, 0.15) is 17.3 Å². The molecule has 0 aromatic carbocycles. The van der Waals surface area contributed by atoms with Crippen molar-refractivity contribution < 1.29 is 0 Å². The predicted molar refractivity (Wildman–Crippen MR) is 80.5 cm³/mol. The van der Waals surface area contributed by atoms with Crippen LogP contribution in [0.2, 0.25) is 0 Å². The zero-order valence-corrected chi connectivity index (χ0v) is 12.5. The Kier molecular flexibility index (Phi) is 3.28. The van der Waals surface area contributed by atoms with Crippen molar-refractivity contribution in [1.82, 2.24) is 19.1 Å². The summed E-state index contributed by atoms with van der Waals surface area (Å²) in [5.74, 6) is 2.52. The Morgan fingerprint density at radius 1 is 1.40 bits per heavy atom. The maximum Gasteiger partial charge on any atom is 0.133 e. The van der Waals surface area contributed by atoms with E-state index >= 15 is 0 Å². The Morgan fingerprint density at radius 3 is 2.75 bits per heavy atom. The summed E-state index contributed by atoms with van der Waals surface area (Å²) < 4.78 is 4.33. The molecule has 0 saturated heterocycles. The van der Waals surface area contributed by atoms with Gasteiger partial charge in [0.05, 0.1) is 18.2 Å². The lowest BCUT2D eigenvalue weighted by molar-refractivity contribution is 0.576. The van der Waals surface area contributed by atoms with E-state index in [1.165, 1.54) is 12.8 Å². The van der Waals surface area contributed by atoms with Gasteiger partial charge in [-0.05, 0) is 33.1 Å². The highest BCUT2D eigenvalue weighted by atomic mass is 15.2. The summed E-state index contributed by atoms with van der Waals surface area (Å²) in [6.07, 6.45) is 7.27. The quantitative estimate of drug-likeness (QED) is 0.910. The van der Waals surface area contributed by atoms with Crippen LogP contribution < -0.4 is 5.73 Å². The van der Waals surface area contributed by atoms with Crippen molar-refractivity contribution >= 4 is 5.82 Å². The van der Waals surface area contributed by atoms with Gasteiger partial charge >= 0.3 is 0 Å². The summed E-state index contributed by atoms with van der Waals surface area (Å²) in [5.41, 5.74) is 8.31. The molecule has 5 heteroatoms. The highest BCUT2D eigenvalue weighted by Crippen LogP contribution is 2.43. The Hall–Kier alpha value is -1.78. The molecule has 0 unspecified atom stereocenters. The fourth-order valence-electron chi connectivity index (χ4n) is 2.76. The third kappa shape index (κ3) is 2.11. The van der Waals surface area contributed by atoms with Crippen molar-refractivity contribution in [1.29, 1.82) is 0 Å². The highest BCUT2D eigenvalue weighted by Gasteiger charge is 2.32. The molecule has 0 amide bonds. The number of nitrogens with two attached hydrogens (primary N) is 1. The van der Waals surface area contributed by atoms with Gasteiger partial charge in [0.15, 0.2) is 0 Å². The van der Waals surface area contributed by atoms with Crippen LogP contribution in [0.3, 0.4) is 0 Å². The van der Waals surface area contributed by atoms with Crippen LogP contribution in [0.1, 0.15) is 57.8 Å². The lowest BCUT2D eigenvalue weighted by atomic mass is 10.3. The second-order valence-corrected chi connectivity index (χ2v) is 5.91. The van der Waals surface area contributed by atoms with Crippen LogP contribution in [0.15, 0.2) is 12.5 Å². The second kappa shape index (κ2) is 4.96. The van der Waals surface area contributed by atoms with Crippen LogP contribution >= 0.6 is 0 Å². The van der Waals surface area contributed by atoms with Crippen LogP contribution in [-0.4, -0.2) is 19.1 Å². The van der Waals surface area contributed by atoms with Crippen molar-refractivity contribution in [2.24, 2.45) is 0 Å². The van der Waals surface area contributed by atoms with E-state index in [0.29, 0.717) is 12.0 Å². The van der Waals surface area contributed by atoms with Gasteiger partial charge in [-0.25, -0.2) is 9.97 Å². The molecule has 2 aromatic rings. The molecule has 20 heavy (non-hydrogen) atoms. The van der Waals surface area contributed by atoms with Gasteiger partial charge in [-0.15, -0.1) is 0 Å². The first-order valence-electron chi connectivity index (χ1n) is 7.51. The van der Waals surface area contributed by atoms with Crippen LogP contribution in [0.4, 0.5) is 5.82 Å². The van der Waals surface area contributed by atoms with Gasteiger partial charge in [-0.3, -0.25) is 0 Å². The first-order valence-corrected chi connectivity index (χ1v) is 7.51. The number of hydrogen-bond acceptors (Lipinski definition) is 3. The Bertz CT molecular complexity index is 604. The highest BCUT2D eigenvalue weighted by molar-refractivity contribution is 5.68. The minimum Gasteiger partial charge on any atom is -0.383 e. The summed E-state index contributed by atoms with van der Waals surface area (Å²) in [7, 11) is 0. The maximum atomic E-state index is 6.39. The monoisotopic (exact) mass is 273 g/mol. The first-order chi connectivity index (χ1) is 9.63. The van der Waals surface area contributed by atoms with Gasteiger partial charge < -0.3 is 14.9 Å². The van der Waals surface area contributed by atoms with Crippen LogP contribution in [0.5, 0.6) is 0 Å². The van der Waals surface area contributed by atoms with Crippen molar-refractivity contribution in [2.45, 2.75) is 58.5 Å². The molecule has 108 valence electrons. The van der Waals surface area contributed by atoms with E-state index in [9.17, 15) is 0 Å². The average Bonchev–Trinajstić information content (AvgIpc) is 3.05. The molecule has 1 fully saturated rings. The average molecular weight is 273 g/mol. The summed E-state index contributed by atoms with van der Waals surface area (Å²) in [6, 6.07) is 0.342. The fraction of sp³-hybridized carbons (Fsp3) is 0.600. The second-order valence-electron chi connectivity index (χ2n) is 5.91. The third-order valence-electron chi connectivity index (χ3n) is 3.85. The molecule has 5 nitrogen and oxygen atoms in total. The molecule has 0 bridgehead atoms. The molecule has 3 rings (SSSR count). The largest absolute Gasteiger partial charge is 0.383 e. The summed E-state index contributed by atoms with van der Waals surface area (Å²) >= 11 is 0. The zero-order chi connectivity index (χ0) is 14.3. The molecule has 2 heterocycles. The Morgan fingerprint density at radius 2 is 2.15 bits per heavy atom. The van der Waals surface area contributed by atoms with Gasteiger partial charge in [-0.1, -0.05) is 6.92 Å². The van der Waals surface area contributed by atoms with Crippen LogP contribution in [-0.2, 0) is 6.54 Å². The van der Waals surface area contributed by atoms with E-state index in [0.717, 1.165) is 36.0 Å². The standard InChI is InChI=1S/C15H23N5/c1-4-7-19-9-17-8-12(19)13-14(16)20(10(2)3)15(18-13)11-5-6-11/h8-11H,4-7,16H2,1-3H3. The van der Waals surface area contributed by atoms with E-state index < -0.39 is 0 Å². The van der Waals surface area contributed by atoms with Crippen LogP contribution in [0.25, 0.3) is 11.4 Å². The molecule has 0 aliphatic heterocycles. The smallest absolute Gasteiger partial charge is 0.133 e. The topological polar surface area (TPSA) is 61.7 Å². The SMILES string of the molecule is CCCn1cncc1-c1nc(C2CC2)n(C(C)C)c1N. The lowest BCUT2D eigenvalue weighted by Crippen LogP contribution is -2.09. The number of nitrogen functional groups attached to an aromatic ring is 1. The molecular formula is C15H23N5. The number of anilines is 1. The summed E-state index contributed by atoms with van der Waals surface area (Å²) in [5, 5.41) is 0. The van der Waals surface area contributed by atoms with Crippen molar-refractivity contribution in [3.8, 4) is 11.4 Å². The molecule has 0 spiro atoms. The van der Waals surface area contributed by atoms with Crippen molar-refractivity contribution in [3.05, 3.63) is 18.3 Å². The van der Waals surface area contributed by atoms with E-state index in [1.54, 1.807) is 0 Å². The zero-order valence-electron chi connectivity index (χ0n) is 12.5. The number of aryl methyl sites for hydroxylation is 1. The number of imidazole rings is 2. The lowest BCUT2D eigenvalue weighted by Gasteiger charge is -2.13. The molecule has 0 atom stereocenters. The molecule has 2 N–H and O–H groups in total. The van der Waals surface area contributed by atoms with E-state index in [-0.39, 0.29) is 0 Å². The van der Waals surface area contributed by atoms with Gasteiger partial charge in [0, 0.05) is 18.5 Å². The molecular weight excluding hydrogens is 250 g/mol. The van der Waals surface area contributed by atoms with E-state index in [1.807, 2.05) is 12.5 Å². The number of hydrogen-bond donors (Lipinski definition) is 1. The summed E-state index contributed by atoms with van der Waals surface area (Å²) in [6.45, 7) is 7.44. The fourth-order valence-corrected chi connectivity index (χ4v) is 2.76. The van der Waals surface area contributed by atoms with Gasteiger partial charge in [-0.2, -0.15) is 0 Å². The minimum atomic E-state index is 0.342. The van der Waals surface area contributed by atoms with Crippen molar-refractivity contribution in [3.63, 3.8) is 0 Å². The predicted octanol–water partition coefficient (Wildman–Crippen LogP) is 3.20.